The van der Waals surface area contributed by atoms with E-state index in [9.17, 15) is 9.59 Å². The maximum atomic E-state index is 11.5. The fourth-order valence-electron chi connectivity index (χ4n) is 2.42. The van der Waals surface area contributed by atoms with Crippen LogP contribution in [0.15, 0.2) is 0 Å². The van der Waals surface area contributed by atoms with Gasteiger partial charge in [0.15, 0.2) is 0 Å². The highest BCUT2D eigenvalue weighted by molar-refractivity contribution is 7.16. The molecule has 0 saturated heterocycles. The minimum absolute atomic E-state index is 0.193. The van der Waals surface area contributed by atoms with Gasteiger partial charge in [-0.1, -0.05) is 11.6 Å². The van der Waals surface area contributed by atoms with E-state index in [0.717, 1.165) is 26.4 Å². The lowest BCUT2D eigenvalue weighted by molar-refractivity contribution is 0.0515. The molecule has 4 nitrogen and oxygen atoms in total. The monoisotopic (exact) mass is 416 g/mol. The molecule has 0 aliphatic rings. The van der Waals surface area contributed by atoms with Crippen molar-refractivity contribution < 1.29 is 19.1 Å². The molecule has 0 radical (unpaired) electrons. The lowest BCUT2D eigenvalue weighted by Gasteiger charge is -2.01. The molecule has 2 aromatic rings. The number of halogens is 1. The molecule has 0 N–H and O–H groups in total. The molecule has 2 heterocycles. The van der Waals surface area contributed by atoms with Gasteiger partial charge >= 0.3 is 11.9 Å². The summed E-state index contributed by atoms with van der Waals surface area (Å²) in [6.45, 7) is 14.1. The van der Waals surface area contributed by atoms with E-state index in [4.69, 9.17) is 21.1 Å². The normalized spacial score (nSPS) is 10.2. The lowest BCUT2D eigenvalue weighted by Crippen LogP contribution is -2.06. The summed E-state index contributed by atoms with van der Waals surface area (Å²) in [4.78, 5) is 26.1. The van der Waals surface area contributed by atoms with Crippen LogP contribution in [0.3, 0.4) is 0 Å². The smallest absolute Gasteiger partial charge is 0.339 e. The molecule has 0 unspecified atom stereocenters. The highest BCUT2D eigenvalue weighted by Crippen LogP contribution is 2.32. The average Bonchev–Trinajstić information content (AvgIpc) is 2.95. The molecule has 0 fully saturated rings. The van der Waals surface area contributed by atoms with Crippen LogP contribution in [0.25, 0.3) is 0 Å². The number of ether oxygens (including phenoxy) is 2. The zero-order valence-electron chi connectivity index (χ0n) is 16.2. The van der Waals surface area contributed by atoms with Gasteiger partial charge in [-0.3, -0.25) is 0 Å². The number of rotatable bonds is 4. The highest BCUT2D eigenvalue weighted by atomic mass is 35.5. The molecule has 0 amide bonds. The molecular formula is C19H25ClO4S2. The van der Waals surface area contributed by atoms with Crippen LogP contribution in [0.4, 0.5) is 0 Å². The largest absolute Gasteiger partial charge is 0.462 e. The first-order chi connectivity index (χ1) is 12.1. The third-order valence-electron chi connectivity index (χ3n) is 3.79. The van der Waals surface area contributed by atoms with E-state index in [0.29, 0.717) is 23.1 Å². The summed E-state index contributed by atoms with van der Waals surface area (Å²) < 4.78 is 10.5. The molecule has 0 saturated carbocycles. The fourth-order valence-corrected chi connectivity index (χ4v) is 4.78. The molecule has 0 aliphatic carbocycles. The molecule has 7 heteroatoms. The van der Waals surface area contributed by atoms with E-state index < -0.39 is 0 Å². The average molecular weight is 417 g/mol. The van der Waals surface area contributed by atoms with Crippen molar-refractivity contribution in [2.45, 2.75) is 48.5 Å². The van der Waals surface area contributed by atoms with Crippen LogP contribution >= 0.6 is 34.3 Å². The van der Waals surface area contributed by atoms with E-state index in [1.54, 1.807) is 18.3 Å². The molecule has 2 rings (SSSR count). The SMILES string of the molecule is CCOC(=O)c1c(C)sc(C)c1C.CCOC(=O)c1c(C)sc(Cl)c1C. The molecule has 144 valence electrons. The number of aryl methyl sites for hydroxylation is 3. The van der Waals surface area contributed by atoms with Gasteiger partial charge in [0.2, 0.25) is 0 Å². The quantitative estimate of drug-likeness (QED) is 0.569. The Bertz CT molecular complexity index is 724. The Morgan fingerprint density at radius 3 is 1.50 bits per heavy atom. The zero-order chi connectivity index (χ0) is 20.0. The summed E-state index contributed by atoms with van der Waals surface area (Å²) >= 11 is 8.95. The van der Waals surface area contributed by atoms with Crippen LogP contribution in [0.2, 0.25) is 4.34 Å². The van der Waals surface area contributed by atoms with Crippen LogP contribution < -0.4 is 0 Å². The Hall–Kier alpha value is -1.37. The molecule has 0 aliphatic heterocycles. The van der Waals surface area contributed by atoms with E-state index in [-0.39, 0.29) is 11.9 Å². The van der Waals surface area contributed by atoms with Gasteiger partial charge in [-0.25, -0.2) is 9.59 Å². The molecule has 0 aromatic carbocycles. The molecule has 26 heavy (non-hydrogen) atoms. The van der Waals surface area contributed by atoms with Gasteiger partial charge in [0.05, 0.1) is 28.7 Å². The summed E-state index contributed by atoms with van der Waals surface area (Å²) in [5, 5.41) is 0. The zero-order valence-corrected chi connectivity index (χ0v) is 18.6. The number of carbonyl (C=O) groups excluding carboxylic acids is 2. The van der Waals surface area contributed by atoms with Crippen molar-refractivity contribution in [2.24, 2.45) is 0 Å². The van der Waals surface area contributed by atoms with E-state index in [1.165, 1.54) is 16.2 Å². The minimum Gasteiger partial charge on any atom is -0.462 e. The van der Waals surface area contributed by atoms with Crippen molar-refractivity contribution in [1.82, 2.24) is 0 Å². The van der Waals surface area contributed by atoms with Crippen LogP contribution in [0, 0.1) is 34.6 Å². The summed E-state index contributed by atoms with van der Waals surface area (Å²) in [5.41, 5.74) is 3.25. The summed E-state index contributed by atoms with van der Waals surface area (Å²) in [6, 6.07) is 0. The van der Waals surface area contributed by atoms with Crippen molar-refractivity contribution in [3.05, 3.63) is 41.2 Å². The molecule has 2 aromatic heterocycles. The third kappa shape index (κ3) is 5.32. The first-order valence-electron chi connectivity index (χ1n) is 8.31. The van der Waals surface area contributed by atoms with Crippen molar-refractivity contribution in [3.63, 3.8) is 0 Å². The van der Waals surface area contributed by atoms with Gasteiger partial charge in [0.1, 0.15) is 0 Å². The van der Waals surface area contributed by atoms with Gasteiger partial charge in [-0.15, -0.1) is 22.7 Å². The number of hydrogen-bond donors (Lipinski definition) is 0. The summed E-state index contributed by atoms with van der Waals surface area (Å²) in [6.07, 6.45) is 0. The third-order valence-corrected chi connectivity index (χ3v) is 6.42. The van der Waals surface area contributed by atoms with Crippen molar-refractivity contribution in [2.75, 3.05) is 13.2 Å². The van der Waals surface area contributed by atoms with E-state index in [2.05, 4.69) is 0 Å². The minimum atomic E-state index is -0.277. The Kier molecular flexibility index (Phi) is 8.80. The Balaban J connectivity index is 0.000000260. The second-order valence-electron chi connectivity index (χ2n) is 5.59. The highest BCUT2D eigenvalue weighted by Gasteiger charge is 2.18. The van der Waals surface area contributed by atoms with Gasteiger partial charge < -0.3 is 9.47 Å². The second kappa shape index (κ2) is 10.1. The van der Waals surface area contributed by atoms with Gasteiger partial charge in [-0.05, 0) is 59.6 Å². The van der Waals surface area contributed by atoms with Gasteiger partial charge in [-0.2, -0.15) is 0 Å². The standard InChI is InChI=1S/C10H14O2S.C9H11ClO2S/c1-5-12-10(11)9-6(2)7(3)13-8(9)4;1-4-12-9(11)7-5(2)8(10)13-6(7)3/h5H2,1-4H3;4H2,1-3H3. The van der Waals surface area contributed by atoms with Crippen molar-refractivity contribution >= 4 is 46.2 Å². The molecule has 0 spiro atoms. The first-order valence-corrected chi connectivity index (χ1v) is 10.3. The predicted octanol–water partition coefficient (Wildman–Crippen LogP) is 6.05. The Morgan fingerprint density at radius 2 is 1.19 bits per heavy atom. The number of carbonyl (C=O) groups is 2. The Morgan fingerprint density at radius 1 is 0.769 bits per heavy atom. The molecular weight excluding hydrogens is 392 g/mol. The topological polar surface area (TPSA) is 52.6 Å². The van der Waals surface area contributed by atoms with Crippen molar-refractivity contribution in [3.8, 4) is 0 Å². The summed E-state index contributed by atoms with van der Waals surface area (Å²) in [5.74, 6) is -0.470. The molecule has 0 atom stereocenters. The van der Waals surface area contributed by atoms with Crippen LogP contribution in [-0.2, 0) is 9.47 Å². The summed E-state index contributed by atoms with van der Waals surface area (Å²) in [7, 11) is 0. The Labute approximate surface area is 168 Å². The van der Waals surface area contributed by atoms with Gasteiger partial charge in [0.25, 0.3) is 0 Å². The number of esters is 2. The first kappa shape index (κ1) is 22.7. The van der Waals surface area contributed by atoms with E-state index in [1.807, 2.05) is 41.5 Å². The lowest BCUT2D eigenvalue weighted by atomic mass is 10.1. The van der Waals surface area contributed by atoms with Crippen LogP contribution in [0.5, 0.6) is 0 Å². The predicted molar refractivity (Wildman–Crippen MR) is 109 cm³/mol. The van der Waals surface area contributed by atoms with Crippen LogP contribution in [0.1, 0.15) is 60.3 Å². The van der Waals surface area contributed by atoms with Crippen LogP contribution in [-0.4, -0.2) is 25.2 Å². The maximum Gasteiger partial charge on any atom is 0.339 e. The second-order valence-corrected chi connectivity index (χ2v) is 8.84. The fraction of sp³-hybridized carbons (Fsp3) is 0.474. The number of hydrogen-bond acceptors (Lipinski definition) is 6. The van der Waals surface area contributed by atoms with E-state index >= 15 is 0 Å². The number of thiophene rings is 2. The van der Waals surface area contributed by atoms with Gasteiger partial charge in [0, 0.05) is 14.6 Å². The maximum absolute atomic E-state index is 11.5. The molecule has 0 bridgehead atoms. The van der Waals surface area contributed by atoms with Crippen molar-refractivity contribution in [1.29, 1.82) is 0 Å².